The number of nitrogens with zero attached hydrogens (tertiary/aromatic N) is 1. The lowest BCUT2D eigenvalue weighted by molar-refractivity contribution is -0.122. The van der Waals surface area contributed by atoms with Crippen molar-refractivity contribution in [2.75, 3.05) is 0 Å². The van der Waals surface area contributed by atoms with Crippen molar-refractivity contribution in [1.82, 2.24) is 15.6 Å². The van der Waals surface area contributed by atoms with E-state index >= 15 is 0 Å². The number of amides is 1. The van der Waals surface area contributed by atoms with Gasteiger partial charge in [-0.25, -0.2) is 4.39 Å². The van der Waals surface area contributed by atoms with Gasteiger partial charge in [0.15, 0.2) is 11.5 Å². The minimum absolute atomic E-state index is 0.119. The molecule has 26 heavy (non-hydrogen) atoms. The Balaban J connectivity index is 1.95. The van der Waals surface area contributed by atoms with Crippen molar-refractivity contribution in [2.45, 2.75) is 5.54 Å². The number of nitrogens with one attached hydrogen (secondary N) is 3. The molecule has 1 aromatic heterocycles. The summed E-state index contributed by atoms with van der Waals surface area (Å²) >= 11 is 0. The Bertz CT molecular complexity index is 991. The van der Waals surface area contributed by atoms with Crippen LogP contribution in [0.3, 0.4) is 0 Å². The lowest BCUT2D eigenvalue weighted by Crippen LogP contribution is -2.45. The molecule has 1 aliphatic rings. The number of benzene rings is 2. The van der Waals surface area contributed by atoms with Gasteiger partial charge >= 0.3 is 0 Å². The zero-order valence-electron chi connectivity index (χ0n) is 13.7. The average Bonchev–Trinajstić information content (AvgIpc) is 2.98. The summed E-state index contributed by atoms with van der Waals surface area (Å²) in [5.74, 6) is -1.01. The Morgan fingerprint density at radius 1 is 0.962 bits per heavy atom. The second kappa shape index (κ2) is 6.07. The van der Waals surface area contributed by atoms with E-state index in [-0.39, 0.29) is 5.96 Å². The summed E-state index contributed by atoms with van der Waals surface area (Å²) in [6, 6.07) is 17.0. The molecule has 1 aliphatic heterocycles. The van der Waals surface area contributed by atoms with Crippen LogP contribution in [0.25, 0.3) is 11.1 Å². The maximum atomic E-state index is 14.4. The van der Waals surface area contributed by atoms with Gasteiger partial charge in [-0.2, -0.15) is 0 Å². The molecule has 0 aliphatic carbocycles. The number of hydrogen-bond donors (Lipinski definition) is 3. The quantitative estimate of drug-likeness (QED) is 0.682. The molecule has 6 heteroatoms. The molecule has 1 saturated heterocycles. The Kier molecular flexibility index (Phi) is 3.73. The highest BCUT2D eigenvalue weighted by Crippen LogP contribution is 2.35. The van der Waals surface area contributed by atoms with E-state index in [1.807, 2.05) is 12.1 Å². The minimum Gasteiger partial charge on any atom is -0.334 e. The third kappa shape index (κ3) is 2.52. The molecule has 3 N–H and O–H groups in total. The molecule has 2 heterocycles. The zero-order valence-corrected chi connectivity index (χ0v) is 13.7. The smallest absolute Gasteiger partial charge is 0.261 e. The molecule has 128 valence electrons. The molecule has 1 amide bonds. The predicted molar refractivity (Wildman–Crippen MR) is 95.9 cm³/mol. The molecule has 0 spiro atoms. The third-order valence-corrected chi connectivity index (χ3v) is 4.42. The van der Waals surface area contributed by atoms with Crippen LogP contribution in [0, 0.1) is 11.2 Å². The third-order valence-electron chi connectivity index (χ3n) is 4.42. The van der Waals surface area contributed by atoms with Gasteiger partial charge in [0.05, 0.1) is 0 Å². The average molecular weight is 346 g/mol. The molecule has 1 unspecified atom stereocenters. The molecule has 4 rings (SSSR count). The highest BCUT2D eigenvalue weighted by molar-refractivity contribution is 6.10. The van der Waals surface area contributed by atoms with Gasteiger partial charge in [-0.05, 0) is 41.0 Å². The van der Waals surface area contributed by atoms with Crippen molar-refractivity contribution in [3.8, 4) is 11.1 Å². The molecule has 0 saturated carbocycles. The van der Waals surface area contributed by atoms with E-state index < -0.39 is 17.3 Å². The van der Waals surface area contributed by atoms with Crippen molar-refractivity contribution in [2.24, 2.45) is 0 Å². The molecule has 1 fully saturated rings. The topological polar surface area (TPSA) is 77.9 Å². The molecule has 2 aromatic carbocycles. The van der Waals surface area contributed by atoms with Crippen molar-refractivity contribution in [3.63, 3.8) is 0 Å². The Labute approximate surface area is 149 Å². The van der Waals surface area contributed by atoms with Gasteiger partial charge in [0.2, 0.25) is 0 Å². The van der Waals surface area contributed by atoms with Crippen molar-refractivity contribution in [1.29, 1.82) is 5.41 Å². The van der Waals surface area contributed by atoms with Crippen LogP contribution in [0.5, 0.6) is 0 Å². The Morgan fingerprint density at radius 2 is 1.77 bits per heavy atom. The first-order valence-electron chi connectivity index (χ1n) is 8.05. The van der Waals surface area contributed by atoms with E-state index in [2.05, 4.69) is 15.6 Å². The summed E-state index contributed by atoms with van der Waals surface area (Å²) in [6.45, 7) is 0. The van der Waals surface area contributed by atoms with Gasteiger partial charge in [0.25, 0.3) is 5.91 Å². The highest BCUT2D eigenvalue weighted by atomic mass is 19.1. The molecular formula is C20H15FN4O. The number of carbonyl (C=O) groups excluding carboxylic acids is 1. The van der Waals surface area contributed by atoms with Crippen LogP contribution in [0.2, 0.25) is 0 Å². The molecule has 3 aromatic rings. The second-order valence-corrected chi connectivity index (χ2v) is 6.04. The van der Waals surface area contributed by atoms with Crippen LogP contribution >= 0.6 is 0 Å². The van der Waals surface area contributed by atoms with Crippen LogP contribution in [0.1, 0.15) is 11.1 Å². The van der Waals surface area contributed by atoms with E-state index in [4.69, 9.17) is 5.41 Å². The SMILES string of the molecule is N=C1NC(=O)C(c2ccccc2)(c2cc(F)cc(-c3cccnc3)c2)N1. The van der Waals surface area contributed by atoms with Crippen molar-refractivity contribution >= 4 is 11.9 Å². The maximum Gasteiger partial charge on any atom is 0.261 e. The molecule has 5 nitrogen and oxygen atoms in total. The van der Waals surface area contributed by atoms with E-state index in [9.17, 15) is 9.18 Å². The largest absolute Gasteiger partial charge is 0.334 e. The monoisotopic (exact) mass is 346 g/mol. The Morgan fingerprint density at radius 3 is 2.42 bits per heavy atom. The van der Waals surface area contributed by atoms with Gasteiger partial charge in [0, 0.05) is 18.0 Å². The maximum absolute atomic E-state index is 14.4. The standard InChI is InChI=1S/C20H15FN4O/c21-17-10-14(13-5-4-8-23-12-13)9-16(11-17)20(15-6-2-1-3-7-15)18(26)24-19(22)25-20/h1-12H,(H3,22,24,25,26). The van der Waals surface area contributed by atoms with Crippen LogP contribution in [0.15, 0.2) is 73.1 Å². The van der Waals surface area contributed by atoms with E-state index in [1.165, 1.54) is 12.1 Å². The van der Waals surface area contributed by atoms with Crippen LogP contribution in [-0.4, -0.2) is 16.9 Å². The summed E-state index contributed by atoms with van der Waals surface area (Å²) in [6.07, 6.45) is 3.28. The zero-order chi connectivity index (χ0) is 18.1. The van der Waals surface area contributed by atoms with Crippen LogP contribution in [0.4, 0.5) is 4.39 Å². The normalized spacial score (nSPS) is 19.1. The summed E-state index contributed by atoms with van der Waals surface area (Å²) in [5, 5.41) is 13.2. The minimum atomic E-state index is -1.36. The van der Waals surface area contributed by atoms with Gasteiger partial charge in [-0.15, -0.1) is 0 Å². The van der Waals surface area contributed by atoms with E-state index in [0.29, 0.717) is 16.7 Å². The fourth-order valence-corrected chi connectivity index (χ4v) is 3.25. The number of hydrogen-bond acceptors (Lipinski definition) is 3. The number of halogens is 1. The predicted octanol–water partition coefficient (Wildman–Crippen LogP) is 2.79. The summed E-state index contributed by atoms with van der Waals surface area (Å²) < 4.78 is 14.4. The molecule has 0 bridgehead atoms. The first-order chi connectivity index (χ1) is 12.6. The fourth-order valence-electron chi connectivity index (χ4n) is 3.25. The summed E-state index contributed by atoms with van der Waals surface area (Å²) in [7, 11) is 0. The van der Waals surface area contributed by atoms with Crippen LogP contribution in [-0.2, 0) is 10.3 Å². The molecule has 0 radical (unpaired) electrons. The number of pyridine rings is 1. The summed E-state index contributed by atoms with van der Waals surface area (Å²) in [4.78, 5) is 16.9. The highest BCUT2D eigenvalue weighted by Gasteiger charge is 2.48. The van der Waals surface area contributed by atoms with E-state index in [0.717, 1.165) is 5.56 Å². The molecular weight excluding hydrogens is 331 g/mol. The van der Waals surface area contributed by atoms with Gasteiger partial charge < -0.3 is 5.32 Å². The van der Waals surface area contributed by atoms with Gasteiger partial charge in [0.1, 0.15) is 5.82 Å². The lowest BCUT2D eigenvalue weighted by atomic mass is 9.81. The summed E-state index contributed by atoms with van der Waals surface area (Å²) in [5.41, 5.74) is 1.03. The number of guanidine groups is 1. The first-order valence-corrected chi connectivity index (χ1v) is 8.05. The Hall–Kier alpha value is -3.54. The van der Waals surface area contributed by atoms with Gasteiger partial charge in [-0.3, -0.25) is 20.5 Å². The van der Waals surface area contributed by atoms with Crippen molar-refractivity contribution in [3.05, 3.63) is 90.0 Å². The number of aromatic nitrogens is 1. The van der Waals surface area contributed by atoms with E-state index in [1.54, 1.807) is 48.8 Å². The van der Waals surface area contributed by atoms with Crippen molar-refractivity contribution < 1.29 is 9.18 Å². The first kappa shape index (κ1) is 16.0. The number of rotatable bonds is 3. The molecule has 1 atom stereocenters. The van der Waals surface area contributed by atoms with Crippen LogP contribution < -0.4 is 10.6 Å². The number of carbonyl (C=O) groups is 1. The fraction of sp³-hybridized carbons (Fsp3) is 0.0500. The lowest BCUT2D eigenvalue weighted by Gasteiger charge is -2.28. The second-order valence-electron chi connectivity index (χ2n) is 6.04. The van der Waals surface area contributed by atoms with Gasteiger partial charge in [-0.1, -0.05) is 36.4 Å².